The minimum absolute atomic E-state index is 0.133. The van der Waals surface area contributed by atoms with Crippen LogP contribution in [0, 0.1) is 10.8 Å². The first-order valence-corrected chi connectivity index (χ1v) is 6.92. The van der Waals surface area contributed by atoms with Gasteiger partial charge in [-0.3, -0.25) is 9.59 Å². The van der Waals surface area contributed by atoms with Crippen LogP contribution in [0.2, 0.25) is 0 Å². The van der Waals surface area contributed by atoms with Gasteiger partial charge in [-0.05, 0) is 24.7 Å². The number of amides is 1. The summed E-state index contributed by atoms with van der Waals surface area (Å²) in [6.45, 7) is 8.52. The van der Waals surface area contributed by atoms with Gasteiger partial charge < -0.3 is 15.7 Å². The van der Waals surface area contributed by atoms with Crippen LogP contribution in [0.15, 0.2) is 0 Å². The van der Waals surface area contributed by atoms with Crippen molar-refractivity contribution in [3.63, 3.8) is 0 Å². The van der Waals surface area contributed by atoms with E-state index in [-0.39, 0.29) is 17.9 Å². The first-order valence-electron chi connectivity index (χ1n) is 6.92. The van der Waals surface area contributed by atoms with Gasteiger partial charge in [-0.25, -0.2) is 0 Å². The minimum atomic E-state index is -0.808. The van der Waals surface area contributed by atoms with Gasteiger partial charge in [-0.2, -0.15) is 0 Å². The second-order valence-corrected chi connectivity index (χ2v) is 6.65. The number of hydrogen-bond acceptors (Lipinski definition) is 3. The highest BCUT2D eigenvalue weighted by molar-refractivity contribution is 5.84. The predicted octanol–water partition coefficient (Wildman–Crippen LogP) is 1.46. The first kappa shape index (κ1) is 16.0. The van der Waals surface area contributed by atoms with Crippen molar-refractivity contribution >= 4 is 11.9 Å². The number of nitrogens with zero attached hydrogens (tertiary/aromatic N) is 1. The Hall–Kier alpha value is -1.10. The van der Waals surface area contributed by atoms with Crippen LogP contribution in [0.5, 0.6) is 0 Å². The highest BCUT2D eigenvalue weighted by Gasteiger charge is 2.43. The van der Waals surface area contributed by atoms with Gasteiger partial charge in [-0.15, -0.1) is 0 Å². The van der Waals surface area contributed by atoms with Gasteiger partial charge in [0.2, 0.25) is 5.91 Å². The van der Waals surface area contributed by atoms with Crippen LogP contribution in [-0.2, 0) is 9.59 Å². The minimum Gasteiger partial charge on any atom is -0.481 e. The number of carboxylic acid groups (broad SMARTS) is 1. The molecule has 1 heterocycles. The van der Waals surface area contributed by atoms with E-state index in [0.717, 1.165) is 6.42 Å². The van der Waals surface area contributed by atoms with Crippen molar-refractivity contribution in [2.75, 3.05) is 13.1 Å². The van der Waals surface area contributed by atoms with Crippen molar-refractivity contribution in [1.29, 1.82) is 0 Å². The standard InChI is InChI=1S/C14H26N2O3/c1-5-14(12(18)19)7-6-8-16(9-14)11(17)10(15)13(2,3)4/h10H,5-9,15H2,1-4H3,(H,18,19)/t10-,14?/m0/s1. The van der Waals surface area contributed by atoms with Crippen molar-refractivity contribution in [3.05, 3.63) is 0 Å². The van der Waals surface area contributed by atoms with Crippen LogP contribution in [0.3, 0.4) is 0 Å². The zero-order valence-corrected chi connectivity index (χ0v) is 12.4. The van der Waals surface area contributed by atoms with Crippen molar-refractivity contribution in [3.8, 4) is 0 Å². The number of carbonyl (C=O) groups excluding carboxylic acids is 1. The molecule has 110 valence electrons. The largest absolute Gasteiger partial charge is 0.481 e. The van der Waals surface area contributed by atoms with Gasteiger partial charge in [0, 0.05) is 13.1 Å². The van der Waals surface area contributed by atoms with E-state index in [9.17, 15) is 14.7 Å². The maximum absolute atomic E-state index is 12.4. The lowest BCUT2D eigenvalue weighted by Crippen LogP contribution is -2.56. The molecular formula is C14H26N2O3. The van der Waals surface area contributed by atoms with E-state index in [1.807, 2.05) is 27.7 Å². The number of hydrogen-bond donors (Lipinski definition) is 2. The molecule has 2 atom stereocenters. The van der Waals surface area contributed by atoms with Gasteiger partial charge in [0.15, 0.2) is 0 Å². The van der Waals surface area contributed by atoms with Crippen LogP contribution < -0.4 is 5.73 Å². The summed E-state index contributed by atoms with van der Waals surface area (Å²) >= 11 is 0. The van der Waals surface area contributed by atoms with E-state index >= 15 is 0 Å². The molecule has 0 aromatic rings. The maximum atomic E-state index is 12.4. The molecule has 1 aliphatic heterocycles. The van der Waals surface area contributed by atoms with Gasteiger partial charge in [0.05, 0.1) is 11.5 Å². The highest BCUT2D eigenvalue weighted by atomic mass is 16.4. The zero-order valence-electron chi connectivity index (χ0n) is 12.4. The molecule has 1 rings (SSSR count). The maximum Gasteiger partial charge on any atom is 0.311 e. The summed E-state index contributed by atoms with van der Waals surface area (Å²) in [5, 5.41) is 9.42. The number of likely N-dealkylation sites (tertiary alicyclic amines) is 1. The number of aliphatic carboxylic acids is 1. The Morgan fingerprint density at radius 1 is 1.42 bits per heavy atom. The van der Waals surface area contributed by atoms with Gasteiger partial charge in [0.25, 0.3) is 0 Å². The molecule has 0 saturated carbocycles. The third-order valence-electron chi connectivity index (χ3n) is 4.22. The number of nitrogens with two attached hydrogens (primary N) is 1. The molecule has 0 aliphatic carbocycles. The average molecular weight is 270 g/mol. The fourth-order valence-corrected chi connectivity index (χ4v) is 2.50. The molecule has 1 fully saturated rings. The molecule has 1 aliphatic rings. The lowest BCUT2D eigenvalue weighted by atomic mass is 9.77. The van der Waals surface area contributed by atoms with E-state index in [4.69, 9.17) is 5.73 Å². The average Bonchev–Trinajstić information content (AvgIpc) is 2.35. The van der Waals surface area contributed by atoms with Crippen molar-refractivity contribution in [2.45, 2.75) is 53.0 Å². The van der Waals surface area contributed by atoms with Crippen molar-refractivity contribution < 1.29 is 14.7 Å². The molecule has 0 aromatic carbocycles. The number of rotatable bonds is 3. The van der Waals surface area contributed by atoms with Gasteiger partial charge in [0.1, 0.15) is 0 Å². The molecule has 1 amide bonds. The van der Waals surface area contributed by atoms with E-state index in [1.165, 1.54) is 0 Å². The number of carboxylic acids is 1. The number of carbonyl (C=O) groups is 2. The Morgan fingerprint density at radius 2 is 2.00 bits per heavy atom. The molecule has 1 unspecified atom stereocenters. The molecule has 0 radical (unpaired) electrons. The highest BCUT2D eigenvalue weighted by Crippen LogP contribution is 2.34. The molecule has 0 aromatic heterocycles. The normalized spacial score (nSPS) is 26.1. The summed E-state index contributed by atoms with van der Waals surface area (Å²) < 4.78 is 0. The van der Waals surface area contributed by atoms with E-state index in [2.05, 4.69) is 0 Å². The Morgan fingerprint density at radius 3 is 2.42 bits per heavy atom. The predicted molar refractivity (Wildman–Crippen MR) is 73.6 cm³/mol. The Balaban J connectivity index is 2.86. The second-order valence-electron chi connectivity index (χ2n) is 6.65. The van der Waals surface area contributed by atoms with E-state index in [1.54, 1.807) is 4.90 Å². The SMILES string of the molecule is CCC1(C(=O)O)CCCN(C(=O)[C@H](N)C(C)(C)C)C1. The second kappa shape index (κ2) is 5.49. The topological polar surface area (TPSA) is 83.6 Å². The molecule has 1 saturated heterocycles. The molecule has 0 bridgehead atoms. The lowest BCUT2D eigenvalue weighted by Gasteiger charge is -2.41. The fourth-order valence-electron chi connectivity index (χ4n) is 2.50. The first-order chi connectivity index (χ1) is 8.64. The van der Waals surface area contributed by atoms with Gasteiger partial charge in [-0.1, -0.05) is 27.7 Å². The lowest BCUT2D eigenvalue weighted by molar-refractivity contribution is -0.156. The molecule has 5 heteroatoms. The summed E-state index contributed by atoms with van der Waals surface area (Å²) in [6, 6.07) is -0.589. The van der Waals surface area contributed by atoms with Crippen LogP contribution in [0.4, 0.5) is 0 Å². The summed E-state index contributed by atoms with van der Waals surface area (Å²) in [6.07, 6.45) is 1.90. The monoisotopic (exact) mass is 270 g/mol. The Labute approximate surface area is 115 Å². The van der Waals surface area contributed by atoms with Crippen LogP contribution in [-0.4, -0.2) is 41.0 Å². The molecular weight excluding hydrogens is 244 g/mol. The fraction of sp³-hybridized carbons (Fsp3) is 0.857. The van der Waals surface area contributed by atoms with E-state index in [0.29, 0.717) is 19.4 Å². The van der Waals surface area contributed by atoms with E-state index < -0.39 is 17.4 Å². The summed E-state index contributed by atoms with van der Waals surface area (Å²) in [5.74, 6) is -0.942. The smallest absolute Gasteiger partial charge is 0.311 e. The Kier molecular flexibility index (Phi) is 4.61. The molecule has 3 N–H and O–H groups in total. The van der Waals surface area contributed by atoms with Gasteiger partial charge >= 0.3 is 5.97 Å². The zero-order chi connectivity index (χ0) is 14.8. The third-order valence-corrected chi connectivity index (χ3v) is 4.22. The van der Waals surface area contributed by atoms with Crippen molar-refractivity contribution in [1.82, 2.24) is 4.90 Å². The van der Waals surface area contributed by atoms with Crippen LogP contribution in [0.1, 0.15) is 47.0 Å². The number of piperidine rings is 1. The summed E-state index contributed by atoms with van der Waals surface area (Å²) in [5.41, 5.74) is 4.88. The van der Waals surface area contributed by atoms with Crippen LogP contribution in [0.25, 0.3) is 0 Å². The van der Waals surface area contributed by atoms with Crippen molar-refractivity contribution in [2.24, 2.45) is 16.6 Å². The Bertz CT molecular complexity index is 362. The molecule has 19 heavy (non-hydrogen) atoms. The third kappa shape index (κ3) is 3.26. The molecule has 0 spiro atoms. The molecule has 5 nitrogen and oxygen atoms in total. The summed E-state index contributed by atoms with van der Waals surface area (Å²) in [4.78, 5) is 25.5. The quantitative estimate of drug-likeness (QED) is 0.813. The van der Waals surface area contributed by atoms with Crippen LogP contribution >= 0.6 is 0 Å². The summed E-state index contributed by atoms with van der Waals surface area (Å²) in [7, 11) is 0.